The van der Waals surface area contributed by atoms with Gasteiger partial charge in [-0.2, -0.15) is 8.42 Å². The summed E-state index contributed by atoms with van der Waals surface area (Å²) in [7, 11) is -4.19. The van der Waals surface area contributed by atoms with Gasteiger partial charge in [-0.05, 0) is 30.3 Å². The van der Waals surface area contributed by atoms with Gasteiger partial charge in [-0.3, -0.25) is 19.6 Å². The van der Waals surface area contributed by atoms with Crippen molar-refractivity contribution >= 4 is 67.2 Å². The van der Waals surface area contributed by atoms with Gasteiger partial charge in [0.2, 0.25) is 5.13 Å². The normalized spacial score (nSPS) is 14.0. The smallest absolute Gasteiger partial charge is 0.291 e. The van der Waals surface area contributed by atoms with E-state index in [0.29, 0.717) is 42.7 Å². The van der Waals surface area contributed by atoms with Crippen LogP contribution in [0.25, 0.3) is 0 Å². The number of carbonyl (C=O) groups excluding carboxylic acids is 2. The summed E-state index contributed by atoms with van der Waals surface area (Å²) in [6.07, 6.45) is 0. The number of halogens is 2. The number of hydrogen-bond acceptors (Lipinski definition) is 8. The van der Waals surface area contributed by atoms with Gasteiger partial charge in [-0.1, -0.05) is 46.7 Å². The Bertz CT molecular complexity index is 1340. The Morgan fingerprint density at radius 1 is 1.03 bits per heavy atom. The lowest BCUT2D eigenvalue weighted by molar-refractivity contribution is 0.0303. The summed E-state index contributed by atoms with van der Waals surface area (Å²) in [6.45, 7) is 1.66. The van der Waals surface area contributed by atoms with Crippen LogP contribution < -0.4 is 10.0 Å². The van der Waals surface area contributed by atoms with E-state index in [1.54, 1.807) is 17.0 Å². The summed E-state index contributed by atoms with van der Waals surface area (Å²) in [5.74, 6) is -0.914. The summed E-state index contributed by atoms with van der Waals surface area (Å²) in [5.41, 5.74) is 0.440. The molecule has 1 aliphatic rings. The van der Waals surface area contributed by atoms with Gasteiger partial charge in [0.1, 0.15) is 0 Å². The first-order valence-electron chi connectivity index (χ1n) is 9.83. The van der Waals surface area contributed by atoms with Gasteiger partial charge in [0.05, 0.1) is 35.1 Å². The molecule has 2 heterocycles. The van der Waals surface area contributed by atoms with Crippen LogP contribution in [0.5, 0.6) is 0 Å². The Morgan fingerprint density at radius 2 is 1.76 bits per heavy atom. The average Bonchev–Trinajstić information content (AvgIpc) is 3.29. The van der Waals surface area contributed by atoms with Crippen LogP contribution >= 0.6 is 34.5 Å². The molecule has 2 amide bonds. The molecule has 2 N–H and O–H groups in total. The fraction of sp³-hybridized carbons (Fsp3) is 0.200. The third-order valence-corrected chi connectivity index (χ3v) is 7.85. The predicted octanol–water partition coefficient (Wildman–Crippen LogP) is 3.37. The van der Waals surface area contributed by atoms with Gasteiger partial charge in [-0.15, -0.1) is 10.2 Å². The largest absolute Gasteiger partial charge is 0.378 e. The van der Waals surface area contributed by atoms with Crippen molar-refractivity contribution in [3.05, 3.63) is 63.6 Å². The molecule has 0 atom stereocenters. The van der Waals surface area contributed by atoms with Crippen molar-refractivity contribution in [1.82, 2.24) is 15.1 Å². The second kappa shape index (κ2) is 10.2. The molecular weight excluding hydrogens is 525 g/mol. The first-order valence-corrected chi connectivity index (χ1v) is 12.9. The molecule has 0 unspecified atom stereocenters. The molecule has 0 saturated carbocycles. The Kier molecular flexibility index (Phi) is 7.33. The van der Waals surface area contributed by atoms with Crippen LogP contribution in [0.1, 0.15) is 20.7 Å². The van der Waals surface area contributed by atoms with E-state index in [4.69, 9.17) is 27.9 Å². The van der Waals surface area contributed by atoms with Crippen molar-refractivity contribution < 1.29 is 22.7 Å². The Balaban J connectivity index is 1.51. The number of benzene rings is 2. The molecule has 14 heteroatoms. The summed E-state index contributed by atoms with van der Waals surface area (Å²) in [5, 5.41) is 10.3. The number of carbonyl (C=O) groups is 2. The maximum atomic E-state index is 12.9. The predicted molar refractivity (Wildman–Crippen MR) is 128 cm³/mol. The average molecular weight is 542 g/mol. The van der Waals surface area contributed by atoms with E-state index >= 15 is 0 Å². The number of anilines is 2. The minimum Gasteiger partial charge on any atom is -0.378 e. The highest BCUT2D eigenvalue weighted by molar-refractivity contribution is 7.94. The van der Waals surface area contributed by atoms with E-state index in [-0.39, 0.29) is 32.9 Å². The highest BCUT2D eigenvalue weighted by atomic mass is 35.5. The molecule has 1 aromatic heterocycles. The van der Waals surface area contributed by atoms with Gasteiger partial charge in [0, 0.05) is 18.1 Å². The lowest BCUT2D eigenvalue weighted by atomic mass is 10.1. The number of nitrogens with one attached hydrogen (secondary N) is 2. The second-order valence-electron chi connectivity index (χ2n) is 7.01. The number of aromatic nitrogens is 2. The van der Waals surface area contributed by atoms with Gasteiger partial charge in [-0.25, -0.2) is 0 Å². The van der Waals surface area contributed by atoms with Crippen LogP contribution in [0, 0.1) is 0 Å². The molecule has 178 valence electrons. The minimum atomic E-state index is -4.19. The van der Waals surface area contributed by atoms with Crippen LogP contribution in [-0.4, -0.2) is 61.6 Å². The van der Waals surface area contributed by atoms with Crippen molar-refractivity contribution in [2.24, 2.45) is 0 Å². The van der Waals surface area contributed by atoms with Crippen LogP contribution in [0.4, 0.5) is 10.8 Å². The molecule has 4 rings (SSSR count). The van der Waals surface area contributed by atoms with Crippen molar-refractivity contribution in [1.29, 1.82) is 0 Å². The monoisotopic (exact) mass is 541 g/mol. The summed E-state index contributed by atoms with van der Waals surface area (Å²) >= 11 is 12.5. The van der Waals surface area contributed by atoms with Crippen LogP contribution in [0.15, 0.2) is 46.8 Å². The van der Waals surface area contributed by atoms with Gasteiger partial charge < -0.3 is 9.64 Å². The van der Waals surface area contributed by atoms with E-state index in [2.05, 4.69) is 20.2 Å². The number of nitrogens with zero attached hydrogens (tertiary/aromatic N) is 3. The molecule has 3 aromatic rings. The fourth-order valence-corrected chi connectivity index (χ4v) is 5.56. The topological polar surface area (TPSA) is 131 Å². The van der Waals surface area contributed by atoms with Crippen molar-refractivity contribution in [2.75, 3.05) is 36.3 Å². The first kappa shape index (κ1) is 24.4. The second-order valence-corrected chi connectivity index (χ2v) is 10.7. The Hall–Kier alpha value is -2.77. The third-order valence-electron chi connectivity index (χ3n) is 4.73. The molecular formula is C20H17Cl2N5O5S2. The molecule has 1 saturated heterocycles. The zero-order valence-electron chi connectivity index (χ0n) is 17.3. The van der Waals surface area contributed by atoms with Crippen molar-refractivity contribution in [3.8, 4) is 0 Å². The summed E-state index contributed by atoms with van der Waals surface area (Å²) in [6, 6.07) is 10.6. The zero-order chi connectivity index (χ0) is 24.3. The number of morpholine rings is 1. The summed E-state index contributed by atoms with van der Waals surface area (Å²) < 4.78 is 33.1. The van der Waals surface area contributed by atoms with E-state index in [1.165, 1.54) is 30.3 Å². The fourth-order valence-electron chi connectivity index (χ4n) is 3.09. The maximum Gasteiger partial charge on any atom is 0.291 e. The SMILES string of the molecule is O=C(Nc1nnc(S(=O)(=O)Nc2ccccc2C(=O)N2CCOCC2)s1)c1ccc(Cl)cc1Cl. The van der Waals surface area contributed by atoms with Crippen LogP contribution in [-0.2, 0) is 14.8 Å². The molecule has 10 nitrogen and oxygen atoms in total. The van der Waals surface area contributed by atoms with E-state index in [9.17, 15) is 18.0 Å². The van der Waals surface area contributed by atoms with E-state index in [1.807, 2.05) is 0 Å². The van der Waals surface area contributed by atoms with Crippen LogP contribution in [0.3, 0.4) is 0 Å². The lowest BCUT2D eigenvalue weighted by Crippen LogP contribution is -2.41. The molecule has 0 bridgehead atoms. The molecule has 0 radical (unpaired) electrons. The van der Waals surface area contributed by atoms with Gasteiger partial charge in [0.15, 0.2) is 0 Å². The first-order chi connectivity index (χ1) is 16.2. The molecule has 0 aliphatic carbocycles. The van der Waals surface area contributed by atoms with Gasteiger partial charge in [0.25, 0.3) is 26.2 Å². The molecule has 1 aliphatic heterocycles. The number of sulfonamides is 1. The van der Waals surface area contributed by atoms with Crippen molar-refractivity contribution in [3.63, 3.8) is 0 Å². The number of rotatable bonds is 6. The standard InChI is InChI=1S/C20H17Cl2N5O5S2/c21-12-5-6-13(15(22)11-12)17(28)23-19-24-25-20(33-19)34(30,31)26-16-4-2-1-3-14(16)18(29)27-7-9-32-10-8-27/h1-6,11,26H,7-10H2,(H,23,24,28). The van der Waals surface area contributed by atoms with Gasteiger partial charge >= 0.3 is 0 Å². The molecule has 2 aromatic carbocycles. The molecule has 34 heavy (non-hydrogen) atoms. The van der Waals surface area contributed by atoms with E-state index in [0.717, 1.165) is 0 Å². The number of amides is 2. The zero-order valence-corrected chi connectivity index (χ0v) is 20.5. The lowest BCUT2D eigenvalue weighted by Gasteiger charge is -2.27. The Labute approximate surface area is 208 Å². The quantitative estimate of drug-likeness (QED) is 0.457. The highest BCUT2D eigenvalue weighted by Crippen LogP contribution is 2.27. The maximum absolute atomic E-state index is 12.9. The Morgan fingerprint density at radius 3 is 2.50 bits per heavy atom. The van der Waals surface area contributed by atoms with Crippen molar-refractivity contribution in [2.45, 2.75) is 4.34 Å². The molecule has 1 fully saturated rings. The molecule has 0 spiro atoms. The highest BCUT2D eigenvalue weighted by Gasteiger charge is 2.26. The van der Waals surface area contributed by atoms with Crippen LogP contribution in [0.2, 0.25) is 10.0 Å². The third kappa shape index (κ3) is 5.47. The number of ether oxygens (including phenoxy) is 1. The number of hydrogen-bond donors (Lipinski definition) is 2. The van der Waals surface area contributed by atoms with E-state index < -0.39 is 20.3 Å². The minimum absolute atomic E-state index is 0.0472. The number of para-hydroxylation sites is 1. The summed E-state index contributed by atoms with van der Waals surface area (Å²) in [4.78, 5) is 26.9.